The van der Waals surface area contributed by atoms with Crippen LogP contribution >= 0.6 is 0 Å². The lowest BCUT2D eigenvalue weighted by molar-refractivity contribution is 0.767. The highest BCUT2D eigenvalue weighted by Gasteiger charge is 1.97. The highest BCUT2D eigenvalue weighted by atomic mass is 15.3. The minimum atomic E-state index is 0.250. The van der Waals surface area contributed by atoms with Gasteiger partial charge in [-0.2, -0.15) is 5.10 Å². The fraction of sp³-hybridized carbons (Fsp3) is 0.500. The summed E-state index contributed by atoms with van der Waals surface area (Å²) < 4.78 is 1.32. The van der Waals surface area contributed by atoms with Crippen molar-refractivity contribution in [3.8, 4) is 0 Å². The molecule has 1 heterocycles. The van der Waals surface area contributed by atoms with Crippen LogP contribution in [0, 0.1) is 10.8 Å². The Morgan fingerprint density at radius 3 is 2.43 bits per heavy atom. The van der Waals surface area contributed by atoms with Crippen molar-refractivity contribution in [2.45, 2.75) is 34.1 Å². The minimum Gasteiger partial charge on any atom is -0.287 e. The molecule has 0 amide bonds. The predicted octanol–water partition coefficient (Wildman–Crippen LogP) is 1.80. The van der Waals surface area contributed by atoms with Crippen molar-refractivity contribution in [2.24, 2.45) is 0 Å². The van der Waals surface area contributed by atoms with Crippen LogP contribution in [0.2, 0.25) is 0 Å². The number of aromatic nitrogens is 2. The molecule has 0 aromatic carbocycles. The summed E-state index contributed by atoms with van der Waals surface area (Å²) in [5.74, 6) is 0.273. The summed E-state index contributed by atoms with van der Waals surface area (Å²) in [4.78, 5) is 0. The number of nitrogens with zero attached hydrogens (tertiary/aromatic N) is 2. The fourth-order valence-electron chi connectivity index (χ4n) is 0.906. The van der Waals surface area contributed by atoms with Gasteiger partial charge in [0.2, 0.25) is 0 Å². The first-order valence-electron chi connectivity index (χ1n) is 4.84. The lowest BCUT2D eigenvalue weighted by atomic mass is 10.3. The molecular weight excluding hydrogens is 176 g/mol. The zero-order chi connectivity index (χ0) is 11.1. The van der Waals surface area contributed by atoms with Gasteiger partial charge in [0.15, 0.2) is 0 Å². The average Bonchev–Trinajstić information content (AvgIpc) is 2.21. The smallest absolute Gasteiger partial charge is 0.148 e. The SMILES string of the molecule is CC.CCc1ccc(=N)n(C(C)=N)n1. The number of hydrogen-bond donors (Lipinski definition) is 2. The maximum absolute atomic E-state index is 7.43. The van der Waals surface area contributed by atoms with Crippen LogP contribution < -0.4 is 5.49 Å². The van der Waals surface area contributed by atoms with Gasteiger partial charge < -0.3 is 0 Å². The van der Waals surface area contributed by atoms with Crippen molar-refractivity contribution in [1.29, 1.82) is 10.8 Å². The zero-order valence-corrected chi connectivity index (χ0v) is 9.26. The standard InChI is InChI=1S/C8H12N4.C2H6/c1-3-7-4-5-8(10)12(11-7)6(2)9;1-2/h4-5,9-10H,3H2,1-2H3;1-2H3. The second-order valence-electron chi connectivity index (χ2n) is 2.56. The molecule has 0 unspecified atom stereocenters. The average molecular weight is 194 g/mol. The Hall–Kier alpha value is -1.45. The Bertz CT molecular complexity index is 351. The Balaban J connectivity index is 0.000000791. The molecule has 1 aromatic heterocycles. The van der Waals surface area contributed by atoms with Crippen molar-refractivity contribution in [3.63, 3.8) is 0 Å². The van der Waals surface area contributed by atoms with E-state index in [2.05, 4.69) is 5.10 Å². The van der Waals surface area contributed by atoms with Gasteiger partial charge >= 0.3 is 0 Å². The first kappa shape index (κ1) is 12.6. The Labute approximate surface area is 84.6 Å². The van der Waals surface area contributed by atoms with E-state index < -0.39 is 0 Å². The van der Waals surface area contributed by atoms with Gasteiger partial charge in [-0.05, 0) is 25.5 Å². The largest absolute Gasteiger partial charge is 0.287 e. The van der Waals surface area contributed by atoms with E-state index in [0.717, 1.165) is 12.1 Å². The van der Waals surface area contributed by atoms with Crippen LogP contribution in [0.5, 0.6) is 0 Å². The predicted molar refractivity (Wildman–Crippen MR) is 57.6 cm³/mol. The number of hydrogen-bond acceptors (Lipinski definition) is 3. The second-order valence-corrected chi connectivity index (χ2v) is 2.56. The van der Waals surface area contributed by atoms with Crippen molar-refractivity contribution in [2.75, 3.05) is 0 Å². The fourth-order valence-corrected chi connectivity index (χ4v) is 0.906. The van der Waals surface area contributed by atoms with Crippen LogP contribution in [0.25, 0.3) is 0 Å². The van der Waals surface area contributed by atoms with E-state index in [9.17, 15) is 0 Å². The van der Waals surface area contributed by atoms with E-state index in [1.165, 1.54) is 4.68 Å². The molecule has 0 aliphatic carbocycles. The summed E-state index contributed by atoms with van der Waals surface area (Å²) in [5.41, 5.74) is 1.15. The van der Waals surface area contributed by atoms with Crippen molar-refractivity contribution >= 4 is 5.84 Å². The maximum Gasteiger partial charge on any atom is 0.148 e. The molecule has 4 nitrogen and oxygen atoms in total. The molecule has 0 fully saturated rings. The molecule has 78 valence electrons. The van der Waals surface area contributed by atoms with Gasteiger partial charge in [-0.15, -0.1) is 0 Å². The summed E-state index contributed by atoms with van der Waals surface area (Å²) in [6.45, 7) is 7.61. The van der Waals surface area contributed by atoms with Gasteiger partial charge in [0.05, 0.1) is 5.69 Å². The molecule has 0 bridgehead atoms. The number of aryl methyl sites for hydroxylation is 1. The van der Waals surface area contributed by atoms with Crippen LogP contribution in [0.4, 0.5) is 0 Å². The normalized spacial score (nSPS) is 8.86. The summed E-state index contributed by atoms with van der Waals surface area (Å²) in [6.07, 6.45) is 0.827. The Morgan fingerprint density at radius 1 is 1.43 bits per heavy atom. The van der Waals surface area contributed by atoms with Crippen LogP contribution in [0.15, 0.2) is 12.1 Å². The molecule has 4 heteroatoms. The quantitative estimate of drug-likeness (QED) is 0.519. The summed E-state index contributed by atoms with van der Waals surface area (Å²) in [6, 6.07) is 3.46. The minimum absolute atomic E-state index is 0.250. The Kier molecular flexibility index (Phi) is 5.44. The highest BCUT2D eigenvalue weighted by Crippen LogP contribution is 1.90. The van der Waals surface area contributed by atoms with E-state index in [-0.39, 0.29) is 11.3 Å². The van der Waals surface area contributed by atoms with Crippen molar-refractivity contribution in [3.05, 3.63) is 23.3 Å². The van der Waals surface area contributed by atoms with Crippen LogP contribution in [0.1, 0.15) is 33.4 Å². The van der Waals surface area contributed by atoms with E-state index in [1.54, 1.807) is 13.0 Å². The molecule has 0 saturated heterocycles. The van der Waals surface area contributed by atoms with Crippen LogP contribution in [-0.2, 0) is 6.42 Å². The Morgan fingerprint density at radius 2 is 2.00 bits per heavy atom. The van der Waals surface area contributed by atoms with E-state index in [4.69, 9.17) is 10.8 Å². The molecule has 1 rings (SSSR count). The molecule has 0 spiro atoms. The monoisotopic (exact) mass is 194 g/mol. The van der Waals surface area contributed by atoms with Gasteiger partial charge in [0, 0.05) is 0 Å². The summed E-state index contributed by atoms with van der Waals surface area (Å²) in [7, 11) is 0. The van der Waals surface area contributed by atoms with Gasteiger partial charge in [0.1, 0.15) is 11.3 Å². The lowest BCUT2D eigenvalue weighted by Crippen LogP contribution is -2.27. The third-order valence-corrected chi connectivity index (χ3v) is 1.57. The van der Waals surface area contributed by atoms with Crippen molar-refractivity contribution in [1.82, 2.24) is 9.78 Å². The molecular formula is C10H18N4. The third kappa shape index (κ3) is 3.12. The van der Waals surface area contributed by atoms with Gasteiger partial charge in [-0.1, -0.05) is 20.8 Å². The zero-order valence-electron chi connectivity index (χ0n) is 9.26. The molecule has 1 aromatic rings. The van der Waals surface area contributed by atoms with E-state index in [0.29, 0.717) is 0 Å². The number of rotatable bonds is 1. The summed E-state index contributed by atoms with van der Waals surface area (Å²) in [5, 5.41) is 18.9. The van der Waals surface area contributed by atoms with Crippen LogP contribution in [-0.4, -0.2) is 15.6 Å². The van der Waals surface area contributed by atoms with Gasteiger partial charge in [-0.25, -0.2) is 4.68 Å². The first-order chi connectivity index (χ1) is 6.65. The van der Waals surface area contributed by atoms with E-state index in [1.807, 2.05) is 26.8 Å². The molecule has 2 N–H and O–H groups in total. The molecule has 0 atom stereocenters. The molecule has 14 heavy (non-hydrogen) atoms. The molecule has 0 aliphatic rings. The highest BCUT2D eigenvalue weighted by molar-refractivity contribution is 5.77. The molecule has 0 aliphatic heterocycles. The third-order valence-electron chi connectivity index (χ3n) is 1.57. The van der Waals surface area contributed by atoms with Gasteiger partial charge in [-0.3, -0.25) is 10.8 Å². The maximum atomic E-state index is 7.43. The topological polar surface area (TPSA) is 65.5 Å². The summed E-state index contributed by atoms with van der Waals surface area (Å²) >= 11 is 0. The first-order valence-corrected chi connectivity index (χ1v) is 4.84. The second kappa shape index (κ2) is 6.07. The molecule has 0 saturated carbocycles. The van der Waals surface area contributed by atoms with Crippen molar-refractivity contribution < 1.29 is 0 Å². The van der Waals surface area contributed by atoms with Crippen LogP contribution in [0.3, 0.4) is 0 Å². The van der Waals surface area contributed by atoms with Gasteiger partial charge in [0.25, 0.3) is 0 Å². The molecule has 0 radical (unpaired) electrons. The lowest BCUT2D eigenvalue weighted by Gasteiger charge is -2.03. The number of nitrogens with one attached hydrogen (secondary N) is 2. The van der Waals surface area contributed by atoms with E-state index >= 15 is 0 Å².